The van der Waals surface area contributed by atoms with E-state index in [4.69, 9.17) is 4.74 Å². The summed E-state index contributed by atoms with van der Waals surface area (Å²) in [6.07, 6.45) is 8.60. The fourth-order valence-corrected chi connectivity index (χ4v) is 6.28. The summed E-state index contributed by atoms with van der Waals surface area (Å²) in [5, 5.41) is 6.94. The van der Waals surface area contributed by atoms with Crippen molar-refractivity contribution in [3.63, 3.8) is 0 Å². The number of fused-ring (bicyclic) bond motifs is 1. The molecule has 2 fully saturated rings. The summed E-state index contributed by atoms with van der Waals surface area (Å²) in [4.78, 5) is 4.40. The Kier molecular flexibility index (Phi) is 7.55. The topological polar surface area (TPSA) is 83.0 Å². The van der Waals surface area contributed by atoms with E-state index in [0.29, 0.717) is 19.0 Å². The number of aliphatic imine (C=N–C) groups is 1. The number of halogens is 1. The minimum absolute atomic E-state index is 0. The number of ether oxygens (including phenoxy) is 1. The zero-order valence-corrected chi connectivity index (χ0v) is 20.9. The van der Waals surface area contributed by atoms with Crippen molar-refractivity contribution in [1.29, 1.82) is 0 Å². The molecule has 1 unspecified atom stereocenters. The van der Waals surface area contributed by atoms with Gasteiger partial charge in [-0.3, -0.25) is 4.99 Å². The second-order valence-electron chi connectivity index (χ2n) is 8.55. The molecule has 7 nitrogen and oxygen atoms in total. The SMILES string of the molecule is CN=C(NC[C@H]1CCCN1S(C)(=O)=O)NC1CC2(CCCC2)Oc2ccccc21.I. The highest BCUT2D eigenvalue weighted by molar-refractivity contribution is 14.0. The first-order valence-corrected chi connectivity index (χ1v) is 12.5. The van der Waals surface area contributed by atoms with Gasteiger partial charge in [-0.25, -0.2) is 8.42 Å². The summed E-state index contributed by atoms with van der Waals surface area (Å²) < 4.78 is 32.0. The number of hydrogen-bond acceptors (Lipinski definition) is 4. The molecule has 1 aromatic rings. The molecule has 2 aliphatic heterocycles. The van der Waals surface area contributed by atoms with E-state index >= 15 is 0 Å². The monoisotopic (exact) mass is 548 g/mol. The van der Waals surface area contributed by atoms with E-state index in [1.165, 1.54) is 19.1 Å². The predicted octanol–water partition coefficient (Wildman–Crippen LogP) is 3.03. The van der Waals surface area contributed by atoms with Gasteiger partial charge in [0, 0.05) is 38.2 Å². The van der Waals surface area contributed by atoms with E-state index < -0.39 is 10.0 Å². The lowest BCUT2D eigenvalue weighted by atomic mass is 9.86. The van der Waals surface area contributed by atoms with Crippen LogP contribution in [0.15, 0.2) is 29.3 Å². The number of nitrogens with zero attached hydrogens (tertiary/aromatic N) is 2. The zero-order valence-electron chi connectivity index (χ0n) is 17.8. The van der Waals surface area contributed by atoms with Gasteiger partial charge < -0.3 is 15.4 Å². The van der Waals surface area contributed by atoms with Crippen molar-refractivity contribution in [2.75, 3.05) is 26.4 Å². The van der Waals surface area contributed by atoms with E-state index in [1.807, 2.05) is 12.1 Å². The van der Waals surface area contributed by atoms with E-state index in [-0.39, 0.29) is 41.7 Å². The molecule has 9 heteroatoms. The minimum Gasteiger partial charge on any atom is -0.487 e. The molecule has 2 heterocycles. The lowest BCUT2D eigenvalue weighted by Crippen LogP contribution is -2.49. The van der Waals surface area contributed by atoms with Crippen molar-refractivity contribution in [3.8, 4) is 5.75 Å². The molecule has 0 aromatic heterocycles. The van der Waals surface area contributed by atoms with Crippen LogP contribution in [0.5, 0.6) is 5.75 Å². The Morgan fingerprint density at radius 2 is 2.00 bits per heavy atom. The average Bonchev–Trinajstić information content (AvgIpc) is 3.34. The molecule has 0 radical (unpaired) electrons. The molecule has 1 aromatic carbocycles. The van der Waals surface area contributed by atoms with E-state index in [0.717, 1.165) is 43.4 Å². The largest absolute Gasteiger partial charge is 0.487 e. The van der Waals surface area contributed by atoms with Gasteiger partial charge >= 0.3 is 0 Å². The lowest BCUT2D eigenvalue weighted by Gasteiger charge is -2.40. The molecular formula is C21H33IN4O3S. The van der Waals surface area contributed by atoms with Gasteiger partial charge in [0.05, 0.1) is 12.3 Å². The van der Waals surface area contributed by atoms with Crippen LogP contribution in [0, 0.1) is 0 Å². The van der Waals surface area contributed by atoms with E-state index in [2.05, 4.69) is 27.8 Å². The smallest absolute Gasteiger partial charge is 0.211 e. The Hall–Kier alpha value is -1.07. The van der Waals surface area contributed by atoms with Crippen molar-refractivity contribution in [3.05, 3.63) is 29.8 Å². The highest BCUT2D eigenvalue weighted by Crippen LogP contribution is 2.46. The number of benzene rings is 1. The molecule has 2 atom stereocenters. The second-order valence-corrected chi connectivity index (χ2v) is 10.5. The fourth-order valence-electron chi connectivity index (χ4n) is 5.10. The van der Waals surface area contributed by atoms with Crippen LogP contribution in [0.4, 0.5) is 0 Å². The molecule has 3 aliphatic rings. The molecule has 1 aliphatic carbocycles. The maximum Gasteiger partial charge on any atom is 0.211 e. The van der Waals surface area contributed by atoms with Gasteiger partial charge in [-0.05, 0) is 44.6 Å². The molecule has 4 rings (SSSR count). The Balaban J connectivity index is 0.00000256. The molecule has 30 heavy (non-hydrogen) atoms. The van der Waals surface area contributed by atoms with Crippen LogP contribution < -0.4 is 15.4 Å². The van der Waals surface area contributed by atoms with Crippen molar-refractivity contribution in [2.24, 2.45) is 4.99 Å². The number of guanidine groups is 1. The molecule has 0 bridgehead atoms. The minimum atomic E-state index is -3.17. The van der Waals surface area contributed by atoms with E-state index in [1.54, 1.807) is 11.4 Å². The fraction of sp³-hybridized carbons (Fsp3) is 0.667. The van der Waals surface area contributed by atoms with Crippen molar-refractivity contribution < 1.29 is 13.2 Å². The Morgan fingerprint density at radius 3 is 2.70 bits per heavy atom. The molecule has 168 valence electrons. The van der Waals surface area contributed by atoms with Crippen LogP contribution >= 0.6 is 24.0 Å². The summed E-state index contributed by atoms with van der Waals surface area (Å²) in [6, 6.07) is 8.34. The van der Waals surface area contributed by atoms with Crippen molar-refractivity contribution >= 4 is 40.0 Å². The first-order valence-electron chi connectivity index (χ1n) is 10.6. The highest BCUT2D eigenvalue weighted by atomic mass is 127. The van der Waals surface area contributed by atoms with Crippen LogP contribution in [0.1, 0.15) is 56.6 Å². The van der Waals surface area contributed by atoms with Gasteiger partial charge in [-0.15, -0.1) is 24.0 Å². The van der Waals surface area contributed by atoms with Crippen molar-refractivity contribution in [1.82, 2.24) is 14.9 Å². The van der Waals surface area contributed by atoms with Crippen LogP contribution in [-0.4, -0.2) is 56.7 Å². The normalized spacial score (nSPS) is 26.0. The van der Waals surface area contributed by atoms with Crippen LogP contribution in [0.25, 0.3) is 0 Å². The molecule has 0 amide bonds. The molecule has 1 saturated carbocycles. The van der Waals surface area contributed by atoms with E-state index in [9.17, 15) is 8.42 Å². The molecule has 2 N–H and O–H groups in total. The second kappa shape index (κ2) is 9.60. The van der Waals surface area contributed by atoms with Gasteiger partial charge in [-0.2, -0.15) is 4.31 Å². The summed E-state index contributed by atoms with van der Waals surface area (Å²) in [6.45, 7) is 1.16. The first-order chi connectivity index (χ1) is 13.9. The summed E-state index contributed by atoms with van der Waals surface area (Å²) in [5.74, 6) is 1.67. The Bertz CT molecular complexity index is 871. The van der Waals surface area contributed by atoms with Gasteiger partial charge in [0.1, 0.15) is 11.4 Å². The van der Waals surface area contributed by atoms with Crippen molar-refractivity contribution in [2.45, 2.75) is 62.6 Å². The molecule has 1 saturated heterocycles. The Morgan fingerprint density at radius 1 is 1.27 bits per heavy atom. The maximum atomic E-state index is 12.0. The first kappa shape index (κ1) is 23.6. The third kappa shape index (κ3) is 5.04. The van der Waals surface area contributed by atoms with Crippen LogP contribution in [0.3, 0.4) is 0 Å². The van der Waals surface area contributed by atoms with Crippen LogP contribution in [-0.2, 0) is 10.0 Å². The van der Waals surface area contributed by atoms with Gasteiger partial charge in [0.15, 0.2) is 5.96 Å². The molecular weight excluding hydrogens is 515 g/mol. The Labute approximate surface area is 197 Å². The molecule has 1 spiro atoms. The summed E-state index contributed by atoms with van der Waals surface area (Å²) in [7, 11) is -1.41. The third-order valence-electron chi connectivity index (χ3n) is 6.50. The summed E-state index contributed by atoms with van der Waals surface area (Å²) in [5.41, 5.74) is 1.08. The zero-order chi connectivity index (χ0) is 20.5. The predicted molar refractivity (Wildman–Crippen MR) is 130 cm³/mol. The number of rotatable bonds is 4. The lowest BCUT2D eigenvalue weighted by molar-refractivity contribution is 0.0396. The number of nitrogens with one attached hydrogen (secondary N) is 2. The highest BCUT2D eigenvalue weighted by Gasteiger charge is 2.43. The number of para-hydroxylation sites is 1. The van der Waals surface area contributed by atoms with Gasteiger partial charge in [0.25, 0.3) is 0 Å². The van der Waals surface area contributed by atoms with Crippen LogP contribution in [0.2, 0.25) is 0 Å². The van der Waals surface area contributed by atoms with Gasteiger partial charge in [-0.1, -0.05) is 18.2 Å². The maximum absolute atomic E-state index is 12.0. The number of sulfonamides is 1. The third-order valence-corrected chi connectivity index (χ3v) is 7.83. The quantitative estimate of drug-likeness (QED) is 0.344. The van der Waals surface area contributed by atoms with Gasteiger partial charge in [0.2, 0.25) is 10.0 Å². The summed E-state index contributed by atoms with van der Waals surface area (Å²) >= 11 is 0. The standard InChI is InChI=1S/C21H32N4O3S.HI/c1-22-20(23-15-16-8-7-13-25(16)29(2,26)27)24-18-14-21(11-5-6-12-21)28-19-10-4-3-9-17(18)19;/h3-4,9-10,16,18H,5-8,11-15H2,1-2H3,(H2,22,23,24);1H/t16-,18?;/m1./s1. The number of hydrogen-bond donors (Lipinski definition) is 2. The average molecular weight is 548 g/mol.